The summed E-state index contributed by atoms with van der Waals surface area (Å²) in [5.74, 6) is 0.928. The highest BCUT2D eigenvalue weighted by atomic mass is 15.1. The van der Waals surface area contributed by atoms with Crippen molar-refractivity contribution < 1.29 is 0 Å². The Morgan fingerprint density at radius 3 is 1.11 bits per heavy atom. The third-order valence-corrected chi connectivity index (χ3v) is 19.1. The zero-order chi connectivity index (χ0) is 55.8. The first-order chi connectivity index (χ1) is 42.2. The van der Waals surface area contributed by atoms with E-state index in [-0.39, 0.29) is 0 Å². The third-order valence-electron chi connectivity index (χ3n) is 19.1. The molecule has 0 saturated heterocycles. The average molecular weight is 1080 g/mol. The third kappa shape index (κ3) is 6.62. The van der Waals surface area contributed by atoms with Gasteiger partial charge in [-0.15, -0.1) is 0 Å². The normalized spacial score (nSPS) is 13.6. The molecule has 0 radical (unpaired) electrons. The molecular formula is C83H52N2. The van der Waals surface area contributed by atoms with E-state index in [0.29, 0.717) is 0 Å². The number of hydrogen-bond donors (Lipinski definition) is 0. The van der Waals surface area contributed by atoms with E-state index in [0.717, 1.165) is 39.2 Å². The SMILES string of the molecule is c1ccc(-c2c3ccc(-c4ccc5c(c4)C4(c6ccccc6-c6ccccc64)c4ccccc4C54c5ccccc5-c5ccccc54)cc3c(-c3ccccc3)c3ccc(-c4ccc(-n5c(-c6ccccc6)nc6ccccc65)cc4)cc23)cc1. The Labute approximate surface area is 493 Å². The largest absolute Gasteiger partial charge is 0.292 e. The van der Waals surface area contributed by atoms with Crippen molar-refractivity contribution >= 4 is 32.6 Å². The summed E-state index contributed by atoms with van der Waals surface area (Å²) in [4.78, 5) is 5.14. The fourth-order valence-corrected chi connectivity index (χ4v) is 15.7. The maximum atomic E-state index is 5.14. The number of benzene rings is 14. The van der Waals surface area contributed by atoms with Crippen LogP contribution >= 0.6 is 0 Å². The number of para-hydroxylation sites is 2. The number of rotatable bonds is 6. The Morgan fingerprint density at radius 1 is 0.235 bits per heavy atom. The zero-order valence-electron chi connectivity index (χ0n) is 46.4. The molecule has 14 aromatic carbocycles. The molecule has 2 nitrogen and oxygen atoms in total. The number of fused-ring (bicyclic) bond motifs is 19. The summed E-state index contributed by atoms with van der Waals surface area (Å²) in [6.45, 7) is 0. The van der Waals surface area contributed by atoms with Gasteiger partial charge in [-0.05, 0) is 175 Å². The van der Waals surface area contributed by atoms with Crippen molar-refractivity contribution in [1.82, 2.24) is 9.55 Å². The van der Waals surface area contributed by atoms with E-state index in [4.69, 9.17) is 4.98 Å². The molecule has 18 rings (SSSR count). The molecule has 3 aliphatic rings. The van der Waals surface area contributed by atoms with Gasteiger partial charge in [0.25, 0.3) is 0 Å². The van der Waals surface area contributed by atoms with Crippen molar-refractivity contribution in [3.05, 3.63) is 360 Å². The Hall–Kier alpha value is -10.9. The molecule has 0 fully saturated rings. The molecular weight excluding hydrogens is 1020 g/mol. The lowest BCUT2D eigenvalue weighted by Gasteiger charge is -2.49. The van der Waals surface area contributed by atoms with E-state index >= 15 is 0 Å². The van der Waals surface area contributed by atoms with E-state index in [1.807, 2.05) is 0 Å². The first kappa shape index (κ1) is 47.7. The molecule has 0 saturated carbocycles. The van der Waals surface area contributed by atoms with Gasteiger partial charge in [-0.1, -0.05) is 273 Å². The lowest BCUT2D eigenvalue weighted by atomic mass is 9.52. The quantitative estimate of drug-likeness (QED) is 0.152. The van der Waals surface area contributed by atoms with Gasteiger partial charge in [0.2, 0.25) is 0 Å². The van der Waals surface area contributed by atoms with Crippen molar-refractivity contribution in [1.29, 1.82) is 0 Å². The lowest BCUT2D eigenvalue weighted by Crippen LogP contribution is -2.43. The molecule has 2 spiro atoms. The van der Waals surface area contributed by atoms with Gasteiger partial charge >= 0.3 is 0 Å². The Bertz CT molecular complexity index is 5130. The smallest absolute Gasteiger partial charge is 0.145 e. The van der Waals surface area contributed by atoms with Crippen LogP contribution in [-0.2, 0) is 10.8 Å². The van der Waals surface area contributed by atoms with Crippen molar-refractivity contribution in [3.8, 4) is 83.8 Å². The highest BCUT2D eigenvalue weighted by Gasteiger charge is 2.59. The van der Waals surface area contributed by atoms with Crippen molar-refractivity contribution in [2.75, 3.05) is 0 Å². The molecule has 1 aromatic heterocycles. The second-order valence-corrected chi connectivity index (χ2v) is 23.2. The van der Waals surface area contributed by atoms with Gasteiger partial charge in [0.15, 0.2) is 0 Å². The van der Waals surface area contributed by atoms with E-state index in [2.05, 4.69) is 320 Å². The molecule has 0 amide bonds. The summed E-state index contributed by atoms with van der Waals surface area (Å²) >= 11 is 0. The summed E-state index contributed by atoms with van der Waals surface area (Å²) < 4.78 is 2.28. The van der Waals surface area contributed by atoms with E-state index in [9.17, 15) is 0 Å². The number of imidazole rings is 1. The maximum absolute atomic E-state index is 5.14. The van der Waals surface area contributed by atoms with E-state index in [1.54, 1.807) is 0 Å². The summed E-state index contributed by atoms with van der Waals surface area (Å²) in [6.07, 6.45) is 0. The van der Waals surface area contributed by atoms with Crippen LogP contribution in [0.25, 0.3) is 116 Å². The molecule has 0 N–H and O–H groups in total. The van der Waals surface area contributed by atoms with Crippen LogP contribution in [0.5, 0.6) is 0 Å². The fraction of sp³-hybridized carbons (Fsp3) is 0.0241. The number of hydrogen-bond acceptors (Lipinski definition) is 1. The Balaban J connectivity index is 0.867. The van der Waals surface area contributed by atoms with Crippen LogP contribution in [0.15, 0.2) is 315 Å². The average Bonchev–Trinajstić information content (AvgIpc) is 1.58. The Kier molecular flexibility index (Phi) is 10.3. The summed E-state index contributed by atoms with van der Waals surface area (Å²) in [5, 5.41) is 4.87. The first-order valence-corrected chi connectivity index (χ1v) is 29.6. The van der Waals surface area contributed by atoms with Crippen molar-refractivity contribution in [2.45, 2.75) is 10.8 Å². The standard InChI is InChI=1S/C83H52N2/c1-4-22-54(23-5-1)79-66-48-43-58(51-68(66)80(55-24-6-2-7-25-55)65-47-42-57(50-67(65)79)53-40-45-60(46-41-53)85-78-39-21-20-38-77(78)84-81(85)56-26-8-3-9-27-56)59-44-49-75-76(52-59)83(71-34-16-12-30-63(71)64-31-13-17-35-72(64)83)74-37-19-18-36-73(74)82(75)69-32-14-10-28-61(69)62-29-11-15-33-70(62)82/h1-52H. The van der Waals surface area contributed by atoms with Gasteiger partial charge in [-0.25, -0.2) is 4.98 Å². The fourth-order valence-electron chi connectivity index (χ4n) is 15.7. The molecule has 0 bridgehead atoms. The second-order valence-electron chi connectivity index (χ2n) is 23.2. The zero-order valence-corrected chi connectivity index (χ0v) is 46.4. The molecule has 1 heterocycles. The van der Waals surface area contributed by atoms with E-state index < -0.39 is 10.8 Å². The summed E-state index contributed by atoms with van der Waals surface area (Å²) in [6, 6.07) is 118. The number of aromatic nitrogens is 2. The minimum absolute atomic E-state index is 0.551. The number of nitrogens with zero attached hydrogens (tertiary/aromatic N) is 2. The van der Waals surface area contributed by atoms with Crippen LogP contribution in [0, 0.1) is 0 Å². The molecule has 15 aromatic rings. The molecule has 0 unspecified atom stereocenters. The van der Waals surface area contributed by atoms with Crippen LogP contribution < -0.4 is 0 Å². The topological polar surface area (TPSA) is 17.8 Å². The van der Waals surface area contributed by atoms with Gasteiger partial charge in [-0.2, -0.15) is 0 Å². The minimum atomic E-state index is -0.591. The lowest BCUT2D eigenvalue weighted by molar-refractivity contribution is 0.633. The molecule has 394 valence electrons. The van der Waals surface area contributed by atoms with Crippen LogP contribution in [0.3, 0.4) is 0 Å². The molecule has 3 aliphatic carbocycles. The Morgan fingerprint density at radius 2 is 0.600 bits per heavy atom. The van der Waals surface area contributed by atoms with Crippen molar-refractivity contribution in [3.63, 3.8) is 0 Å². The van der Waals surface area contributed by atoms with Gasteiger partial charge in [-0.3, -0.25) is 4.57 Å². The van der Waals surface area contributed by atoms with Crippen molar-refractivity contribution in [2.24, 2.45) is 0 Å². The van der Waals surface area contributed by atoms with Gasteiger partial charge in [0.1, 0.15) is 5.82 Å². The molecule has 0 atom stereocenters. The van der Waals surface area contributed by atoms with Crippen LogP contribution in [0.4, 0.5) is 0 Å². The minimum Gasteiger partial charge on any atom is -0.292 e. The summed E-state index contributed by atoms with van der Waals surface area (Å²) in [5.41, 5.74) is 28.5. The molecule has 2 heteroatoms. The molecule has 85 heavy (non-hydrogen) atoms. The predicted octanol–water partition coefficient (Wildman–Crippen LogP) is 20.7. The van der Waals surface area contributed by atoms with Crippen LogP contribution in [-0.4, -0.2) is 9.55 Å². The van der Waals surface area contributed by atoms with Crippen LogP contribution in [0.1, 0.15) is 44.5 Å². The maximum Gasteiger partial charge on any atom is 0.145 e. The highest BCUT2D eigenvalue weighted by Crippen LogP contribution is 2.67. The second kappa shape index (κ2) is 18.3. The molecule has 0 aliphatic heterocycles. The first-order valence-electron chi connectivity index (χ1n) is 29.6. The monoisotopic (exact) mass is 1080 g/mol. The van der Waals surface area contributed by atoms with E-state index in [1.165, 1.54) is 122 Å². The highest BCUT2D eigenvalue weighted by molar-refractivity contribution is 6.22. The van der Waals surface area contributed by atoms with Gasteiger partial charge in [0.05, 0.1) is 21.9 Å². The summed E-state index contributed by atoms with van der Waals surface area (Å²) in [7, 11) is 0. The predicted molar refractivity (Wildman–Crippen MR) is 351 cm³/mol. The van der Waals surface area contributed by atoms with Gasteiger partial charge < -0.3 is 0 Å². The van der Waals surface area contributed by atoms with Crippen LogP contribution in [0.2, 0.25) is 0 Å². The van der Waals surface area contributed by atoms with Gasteiger partial charge in [0, 0.05) is 11.3 Å².